The van der Waals surface area contributed by atoms with Gasteiger partial charge in [0.25, 0.3) is 0 Å². The van der Waals surface area contributed by atoms with Gasteiger partial charge in [-0.1, -0.05) is 78.1 Å². The number of aromatic nitrogens is 9. The predicted molar refractivity (Wildman–Crippen MR) is 292 cm³/mol. The van der Waals surface area contributed by atoms with Crippen LogP contribution in [0.4, 0.5) is 0 Å². The second-order valence-corrected chi connectivity index (χ2v) is 20.1. The van der Waals surface area contributed by atoms with E-state index in [1.54, 1.807) is 7.11 Å². The van der Waals surface area contributed by atoms with E-state index < -0.39 is 0 Å². The van der Waals surface area contributed by atoms with Crippen molar-refractivity contribution < 1.29 is 4.74 Å². The molecule has 1 unspecified atom stereocenters. The summed E-state index contributed by atoms with van der Waals surface area (Å²) in [5, 5.41) is 23.8. The first-order valence-corrected chi connectivity index (χ1v) is 26.4. The first-order chi connectivity index (χ1) is 35.3. The van der Waals surface area contributed by atoms with Crippen LogP contribution in [0.2, 0.25) is 15.1 Å². The molecule has 0 amide bonds. The van der Waals surface area contributed by atoms with Crippen LogP contribution in [-0.2, 0) is 4.74 Å². The van der Waals surface area contributed by atoms with Gasteiger partial charge in [-0.15, -0.1) is 0 Å². The van der Waals surface area contributed by atoms with Crippen molar-refractivity contribution in [2.75, 3.05) is 66.1 Å². The highest BCUT2D eigenvalue weighted by Crippen LogP contribution is 2.36. The Balaban J connectivity index is 0.000000125. The fourth-order valence-electron chi connectivity index (χ4n) is 10.4. The molecule has 6 aromatic heterocycles. The van der Waals surface area contributed by atoms with Gasteiger partial charge in [0.05, 0.1) is 41.3 Å². The lowest BCUT2D eigenvalue weighted by Gasteiger charge is -2.32. The number of ether oxygens (including phenoxy) is 1. The average molecular weight is 1020 g/mol. The summed E-state index contributed by atoms with van der Waals surface area (Å²) in [6.45, 7) is 11.7. The summed E-state index contributed by atoms with van der Waals surface area (Å²) in [4.78, 5) is 17.9. The largest absolute Gasteiger partial charge is 0.383 e. The summed E-state index contributed by atoms with van der Waals surface area (Å²) in [5.41, 5.74) is 9.65. The van der Waals surface area contributed by atoms with Crippen molar-refractivity contribution in [3.63, 3.8) is 0 Å². The monoisotopic (exact) mass is 1020 g/mol. The summed E-state index contributed by atoms with van der Waals surface area (Å²) in [5.74, 6) is 0. The zero-order valence-electron chi connectivity index (χ0n) is 40.9. The number of pyridine rings is 3. The number of hydrogen-bond donors (Lipinski definition) is 1. The molecule has 16 heteroatoms. The lowest BCUT2D eigenvalue weighted by Crippen LogP contribution is -2.36. The van der Waals surface area contributed by atoms with E-state index in [2.05, 4.69) is 69.2 Å². The molecule has 12 rings (SSSR count). The van der Waals surface area contributed by atoms with E-state index in [1.807, 2.05) is 110 Å². The van der Waals surface area contributed by atoms with Gasteiger partial charge in [0.15, 0.2) is 0 Å². The topological polar surface area (TPSA) is 120 Å². The van der Waals surface area contributed by atoms with Crippen molar-refractivity contribution >= 4 is 67.5 Å². The minimum atomic E-state index is 0.403. The van der Waals surface area contributed by atoms with Crippen molar-refractivity contribution in [1.82, 2.24) is 59.4 Å². The zero-order valence-corrected chi connectivity index (χ0v) is 43.2. The number of halogens is 3. The summed E-state index contributed by atoms with van der Waals surface area (Å²) in [6, 6.07) is 31.1. The van der Waals surface area contributed by atoms with Crippen LogP contribution in [0, 0.1) is 0 Å². The third-order valence-corrected chi connectivity index (χ3v) is 15.1. The summed E-state index contributed by atoms with van der Waals surface area (Å²) >= 11 is 18.1. The van der Waals surface area contributed by atoms with E-state index in [4.69, 9.17) is 54.8 Å². The second-order valence-electron chi connectivity index (χ2n) is 18.8. The van der Waals surface area contributed by atoms with Gasteiger partial charge < -0.3 is 19.9 Å². The van der Waals surface area contributed by atoms with Crippen LogP contribution in [-0.4, -0.2) is 120 Å². The Labute approximate surface area is 436 Å². The van der Waals surface area contributed by atoms with Crippen molar-refractivity contribution in [3.05, 3.63) is 143 Å². The maximum Gasteiger partial charge on any atom is 0.102 e. The Kier molecular flexibility index (Phi) is 16.2. The molecule has 3 aromatic carbocycles. The molecule has 1 N–H and O–H groups in total. The molecule has 0 saturated carbocycles. The average Bonchev–Trinajstić information content (AvgIpc) is 4.15. The molecule has 9 heterocycles. The Morgan fingerprint density at radius 2 is 0.903 bits per heavy atom. The lowest BCUT2D eigenvalue weighted by molar-refractivity contribution is 0.120. The van der Waals surface area contributed by atoms with E-state index in [0.717, 1.165) is 167 Å². The first-order valence-electron chi connectivity index (χ1n) is 25.2. The van der Waals surface area contributed by atoms with Crippen molar-refractivity contribution in [2.45, 2.75) is 63.6 Å². The maximum absolute atomic E-state index is 6.04. The van der Waals surface area contributed by atoms with Gasteiger partial charge in [0.1, 0.15) is 17.1 Å². The van der Waals surface area contributed by atoms with Gasteiger partial charge >= 0.3 is 0 Å². The van der Waals surface area contributed by atoms with Gasteiger partial charge in [-0.3, -0.25) is 29.0 Å². The van der Waals surface area contributed by atoms with Gasteiger partial charge in [0.2, 0.25) is 0 Å². The molecule has 0 radical (unpaired) electrons. The molecule has 372 valence electrons. The molecule has 13 nitrogen and oxygen atoms in total. The summed E-state index contributed by atoms with van der Waals surface area (Å²) in [6.07, 6.45) is 18.1. The van der Waals surface area contributed by atoms with E-state index in [-0.39, 0.29) is 0 Å². The number of piperidine rings is 3. The normalized spacial score (nSPS) is 17.2. The third kappa shape index (κ3) is 11.2. The predicted octanol–water partition coefficient (Wildman–Crippen LogP) is 12.1. The van der Waals surface area contributed by atoms with Crippen LogP contribution >= 0.6 is 34.8 Å². The molecule has 1 atom stereocenters. The fourth-order valence-corrected chi connectivity index (χ4v) is 10.8. The van der Waals surface area contributed by atoms with Crippen LogP contribution in [0.1, 0.15) is 63.6 Å². The quantitative estimate of drug-likeness (QED) is 0.142. The number of rotatable bonds is 10. The number of fused-ring (bicyclic) bond motifs is 3. The molecule has 0 aliphatic carbocycles. The fraction of sp³-hybridized carbons (Fsp3) is 0.357. The molecule has 3 saturated heterocycles. The van der Waals surface area contributed by atoms with E-state index in [1.165, 1.54) is 11.9 Å². The standard InChI is InChI=1S/C20H23ClN4O.C19H21ClN4.C17H17ClN4/c1-26-13-12-24-10-7-17(8-11-24)25-19-6-9-22-14-18(19)20(23-25)15-2-4-16(21)5-3-15;1-2-23-11-8-16(9-12-23)24-18-7-10-21-13-17(18)19(22-24)14-3-5-15(20)6-4-14;18-13-5-3-12(4-6-13)17-15-11-20-9-7-16(15)22(21-17)14-2-1-8-19-10-14/h2-6,9,14,17H,7-8,10-13H2,1H3;3-7,10,13,16H,2,8-9,11-12H2,1H3;3-7,9,11,14,19H,1-2,8,10H2. The van der Waals surface area contributed by atoms with Crippen molar-refractivity contribution in [2.24, 2.45) is 0 Å². The van der Waals surface area contributed by atoms with Crippen molar-refractivity contribution in [1.29, 1.82) is 0 Å². The molecule has 3 aliphatic rings. The smallest absolute Gasteiger partial charge is 0.102 e. The highest BCUT2D eigenvalue weighted by molar-refractivity contribution is 6.31. The molecule has 72 heavy (non-hydrogen) atoms. The molecule has 3 fully saturated rings. The number of nitrogens with zero attached hydrogens (tertiary/aromatic N) is 11. The maximum atomic E-state index is 6.04. The van der Waals surface area contributed by atoms with Crippen LogP contribution in [0.15, 0.2) is 128 Å². The Hall–Kier alpha value is -5.77. The van der Waals surface area contributed by atoms with Crippen molar-refractivity contribution in [3.8, 4) is 33.8 Å². The van der Waals surface area contributed by atoms with Gasteiger partial charge in [-0.05, 0) is 106 Å². The van der Waals surface area contributed by atoms with Crippen LogP contribution in [0.3, 0.4) is 0 Å². The van der Waals surface area contributed by atoms with Gasteiger partial charge in [0, 0.05) is 131 Å². The molecule has 9 aromatic rings. The zero-order chi connectivity index (χ0) is 49.4. The number of nitrogens with one attached hydrogen (secondary N) is 1. The van der Waals surface area contributed by atoms with E-state index in [9.17, 15) is 0 Å². The van der Waals surface area contributed by atoms with Gasteiger partial charge in [-0.25, -0.2) is 0 Å². The van der Waals surface area contributed by atoms with Crippen LogP contribution in [0.25, 0.3) is 66.5 Å². The molecule has 0 spiro atoms. The summed E-state index contributed by atoms with van der Waals surface area (Å²) in [7, 11) is 1.76. The molecular weight excluding hydrogens is 963 g/mol. The first kappa shape index (κ1) is 49.8. The lowest BCUT2D eigenvalue weighted by atomic mass is 10.0. The minimum absolute atomic E-state index is 0.403. The highest BCUT2D eigenvalue weighted by Gasteiger charge is 2.26. The Bertz CT molecular complexity index is 3170. The second kappa shape index (κ2) is 23.4. The third-order valence-electron chi connectivity index (χ3n) is 14.4. The number of benzene rings is 3. The Morgan fingerprint density at radius 1 is 0.514 bits per heavy atom. The van der Waals surface area contributed by atoms with Crippen LogP contribution in [0.5, 0.6) is 0 Å². The van der Waals surface area contributed by atoms with Crippen LogP contribution < -0.4 is 5.32 Å². The minimum Gasteiger partial charge on any atom is -0.383 e. The number of hydrogen-bond acceptors (Lipinski definition) is 10. The van der Waals surface area contributed by atoms with E-state index >= 15 is 0 Å². The molecular formula is C56H61Cl3N12O. The number of likely N-dealkylation sites (tertiary alicyclic amines) is 2. The number of methoxy groups -OCH3 is 1. The Morgan fingerprint density at radius 3 is 1.26 bits per heavy atom. The summed E-state index contributed by atoms with van der Waals surface area (Å²) < 4.78 is 11.8. The molecule has 3 aliphatic heterocycles. The van der Waals surface area contributed by atoms with E-state index in [0.29, 0.717) is 18.1 Å². The van der Waals surface area contributed by atoms with Gasteiger partial charge in [-0.2, -0.15) is 15.3 Å². The SMILES string of the molecule is CCN1CCC(n2nc(-c3ccc(Cl)cc3)c3cnccc32)CC1.COCCN1CCC(n2nc(-c3ccc(Cl)cc3)c3cnccc32)CC1.Clc1ccc(-c2nn(C3CCCNC3)c3ccncc23)cc1. The highest BCUT2D eigenvalue weighted by atomic mass is 35.5. The molecule has 0 bridgehead atoms.